The molecule has 5 heteroatoms. The summed E-state index contributed by atoms with van der Waals surface area (Å²) in [5.74, 6) is 2.87. The zero-order chi connectivity index (χ0) is 22.1. The number of likely N-dealkylation sites (tertiary alicyclic amines) is 1. The molecule has 2 saturated heterocycles. The van der Waals surface area contributed by atoms with Crippen molar-refractivity contribution in [2.45, 2.75) is 95.9 Å². The standard InChI is InChI=1S/C27H46N2O3/c1-26-8-7-20-19(21(26)16-22(25(26)31)28-9-3-4-10-28)6-5-18-15-24(30)23(17-27(18,20)2)29-11-13-32-14-12-29/h18-25,30-31H,3-17H2,1-2H3/t18-,19+,20-,21-,22?,23-,24-,25-,26-,27-/m0/s1. The van der Waals surface area contributed by atoms with E-state index in [0.29, 0.717) is 29.3 Å². The van der Waals surface area contributed by atoms with E-state index in [1.807, 2.05) is 0 Å². The van der Waals surface area contributed by atoms with E-state index in [1.54, 1.807) is 0 Å². The van der Waals surface area contributed by atoms with E-state index in [1.165, 1.54) is 58.0 Å². The second kappa shape index (κ2) is 8.19. The van der Waals surface area contributed by atoms with Gasteiger partial charge in [-0.3, -0.25) is 9.80 Å². The summed E-state index contributed by atoms with van der Waals surface area (Å²) in [5.41, 5.74) is 0.443. The Morgan fingerprint density at radius 3 is 2.25 bits per heavy atom. The van der Waals surface area contributed by atoms with Crippen molar-refractivity contribution in [2.24, 2.45) is 34.5 Å². The van der Waals surface area contributed by atoms with Crippen LogP contribution in [-0.2, 0) is 4.74 Å². The lowest BCUT2D eigenvalue weighted by Crippen LogP contribution is -2.61. The summed E-state index contributed by atoms with van der Waals surface area (Å²) in [7, 11) is 0. The Bertz CT molecular complexity index is 692. The topological polar surface area (TPSA) is 56.2 Å². The molecule has 1 unspecified atom stereocenters. The monoisotopic (exact) mass is 446 g/mol. The minimum absolute atomic E-state index is 0.107. The zero-order valence-corrected chi connectivity index (χ0v) is 20.4. The third-order valence-corrected chi connectivity index (χ3v) is 11.8. The van der Waals surface area contributed by atoms with Gasteiger partial charge in [0.2, 0.25) is 0 Å². The number of rotatable bonds is 2. The van der Waals surface area contributed by atoms with Gasteiger partial charge < -0.3 is 14.9 Å². The average Bonchev–Trinajstić information content (AvgIpc) is 3.41. The van der Waals surface area contributed by atoms with Crippen LogP contribution in [0.3, 0.4) is 0 Å². The average molecular weight is 447 g/mol. The molecule has 2 N–H and O–H groups in total. The van der Waals surface area contributed by atoms with Gasteiger partial charge in [-0.15, -0.1) is 0 Å². The summed E-state index contributed by atoms with van der Waals surface area (Å²) in [5, 5.41) is 22.7. The van der Waals surface area contributed by atoms with Crippen molar-refractivity contribution in [2.75, 3.05) is 39.4 Å². The molecule has 6 aliphatic rings. The quantitative estimate of drug-likeness (QED) is 0.683. The van der Waals surface area contributed by atoms with Crippen LogP contribution in [-0.4, -0.2) is 83.7 Å². The fraction of sp³-hybridized carbons (Fsp3) is 1.00. The number of nitrogens with zero attached hydrogens (tertiary/aromatic N) is 2. The number of hydrogen-bond donors (Lipinski definition) is 2. The van der Waals surface area contributed by atoms with E-state index in [9.17, 15) is 10.2 Å². The summed E-state index contributed by atoms with van der Waals surface area (Å²) >= 11 is 0. The molecule has 0 bridgehead atoms. The Morgan fingerprint density at radius 1 is 0.781 bits per heavy atom. The highest BCUT2D eigenvalue weighted by molar-refractivity contribution is 5.14. The molecule has 6 fully saturated rings. The summed E-state index contributed by atoms with van der Waals surface area (Å²) in [6.07, 6.45) is 10.7. The lowest BCUT2D eigenvalue weighted by Gasteiger charge is -2.62. The molecule has 4 aliphatic carbocycles. The molecule has 4 saturated carbocycles. The predicted molar refractivity (Wildman–Crippen MR) is 125 cm³/mol. The molecule has 10 atom stereocenters. The molecule has 0 aromatic rings. The minimum Gasteiger partial charge on any atom is -0.391 e. The van der Waals surface area contributed by atoms with Gasteiger partial charge in [-0.1, -0.05) is 13.8 Å². The van der Waals surface area contributed by atoms with Crippen molar-refractivity contribution in [1.29, 1.82) is 0 Å². The van der Waals surface area contributed by atoms with Crippen molar-refractivity contribution in [1.82, 2.24) is 9.80 Å². The molecule has 0 radical (unpaired) electrons. The number of aliphatic hydroxyl groups is 2. The molecular formula is C27H46N2O3. The lowest BCUT2D eigenvalue weighted by atomic mass is 9.44. The highest BCUT2D eigenvalue weighted by atomic mass is 16.5. The van der Waals surface area contributed by atoms with Gasteiger partial charge in [0.25, 0.3) is 0 Å². The third-order valence-electron chi connectivity index (χ3n) is 11.8. The van der Waals surface area contributed by atoms with Crippen LogP contribution in [0.15, 0.2) is 0 Å². The zero-order valence-electron chi connectivity index (χ0n) is 20.4. The highest BCUT2D eigenvalue weighted by Crippen LogP contribution is 2.66. The van der Waals surface area contributed by atoms with E-state index in [0.717, 1.165) is 51.0 Å². The molecule has 0 aromatic carbocycles. The second-order valence-corrected chi connectivity index (χ2v) is 12.9. The molecule has 6 rings (SSSR count). The highest BCUT2D eigenvalue weighted by Gasteiger charge is 2.63. The van der Waals surface area contributed by atoms with Crippen molar-refractivity contribution >= 4 is 0 Å². The maximum atomic E-state index is 11.5. The van der Waals surface area contributed by atoms with Gasteiger partial charge in [-0.25, -0.2) is 0 Å². The van der Waals surface area contributed by atoms with E-state index in [-0.39, 0.29) is 17.6 Å². The number of fused-ring (bicyclic) bond motifs is 5. The Kier molecular flexibility index (Phi) is 5.70. The predicted octanol–water partition coefficient (Wildman–Crippen LogP) is 3.14. The van der Waals surface area contributed by atoms with Crippen LogP contribution in [0.4, 0.5) is 0 Å². The van der Waals surface area contributed by atoms with Gasteiger partial charge in [0.1, 0.15) is 0 Å². The van der Waals surface area contributed by atoms with Crippen LogP contribution in [0.5, 0.6) is 0 Å². The summed E-state index contributed by atoms with van der Waals surface area (Å²) in [6, 6.07) is 0.699. The molecule has 0 amide bonds. The number of ether oxygens (including phenoxy) is 1. The van der Waals surface area contributed by atoms with E-state index in [2.05, 4.69) is 23.6 Å². The number of aliphatic hydroxyl groups excluding tert-OH is 2. The molecule has 0 spiro atoms. The molecule has 2 aliphatic heterocycles. The minimum atomic E-state index is -0.176. The van der Waals surface area contributed by atoms with Crippen LogP contribution >= 0.6 is 0 Å². The van der Waals surface area contributed by atoms with Crippen LogP contribution in [0.1, 0.15) is 71.6 Å². The maximum Gasteiger partial charge on any atom is 0.0751 e. The largest absolute Gasteiger partial charge is 0.391 e. The van der Waals surface area contributed by atoms with Gasteiger partial charge >= 0.3 is 0 Å². The van der Waals surface area contributed by atoms with Crippen LogP contribution in [0.2, 0.25) is 0 Å². The Balaban J connectivity index is 1.25. The van der Waals surface area contributed by atoms with E-state index >= 15 is 0 Å². The fourth-order valence-electron chi connectivity index (χ4n) is 9.97. The normalized spacial score (nSPS) is 54.8. The second-order valence-electron chi connectivity index (χ2n) is 12.9. The van der Waals surface area contributed by atoms with Gasteiger partial charge in [-0.05, 0) is 105 Å². The summed E-state index contributed by atoms with van der Waals surface area (Å²) in [4.78, 5) is 5.16. The van der Waals surface area contributed by atoms with Crippen molar-refractivity contribution in [3.8, 4) is 0 Å². The first-order chi connectivity index (χ1) is 15.4. The Hall–Kier alpha value is -0.200. The first-order valence-corrected chi connectivity index (χ1v) is 13.8. The van der Waals surface area contributed by atoms with Crippen molar-refractivity contribution < 1.29 is 14.9 Å². The first kappa shape index (κ1) is 22.3. The SMILES string of the molecule is C[C@]12C[C@H](N3CCOCC3)[C@@H](O)C[C@@H]1CC[C@@H]1[C@@H]2CC[C@]2(C)[C@@H](O)C(N3CCCC3)C[C@@H]12. The number of hydrogen-bond acceptors (Lipinski definition) is 5. The van der Waals surface area contributed by atoms with Crippen molar-refractivity contribution in [3.05, 3.63) is 0 Å². The lowest BCUT2D eigenvalue weighted by molar-refractivity contribution is -0.158. The Labute approximate surface area is 194 Å². The summed E-state index contributed by atoms with van der Waals surface area (Å²) in [6.45, 7) is 11.0. The molecule has 182 valence electrons. The summed E-state index contributed by atoms with van der Waals surface area (Å²) < 4.78 is 5.61. The first-order valence-electron chi connectivity index (χ1n) is 13.8. The smallest absolute Gasteiger partial charge is 0.0751 e. The Morgan fingerprint density at radius 2 is 1.50 bits per heavy atom. The van der Waals surface area contributed by atoms with Crippen molar-refractivity contribution in [3.63, 3.8) is 0 Å². The van der Waals surface area contributed by atoms with Crippen LogP contribution in [0, 0.1) is 34.5 Å². The van der Waals surface area contributed by atoms with Gasteiger partial charge in [0, 0.05) is 25.2 Å². The molecule has 0 aromatic heterocycles. The van der Waals surface area contributed by atoms with Crippen LogP contribution < -0.4 is 0 Å². The molecule has 5 nitrogen and oxygen atoms in total. The number of morpholine rings is 1. The maximum absolute atomic E-state index is 11.5. The van der Waals surface area contributed by atoms with Crippen LogP contribution in [0.25, 0.3) is 0 Å². The van der Waals surface area contributed by atoms with E-state index < -0.39 is 0 Å². The molecule has 2 heterocycles. The van der Waals surface area contributed by atoms with Gasteiger partial charge in [0.05, 0.1) is 25.4 Å². The molecule has 32 heavy (non-hydrogen) atoms. The fourth-order valence-corrected chi connectivity index (χ4v) is 9.97. The van der Waals surface area contributed by atoms with Gasteiger partial charge in [0.15, 0.2) is 0 Å². The van der Waals surface area contributed by atoms with Gasteiger partial charge in [-0.2, -0.15) is 0 Å². The molecular weight excluding hydrogens is 400 g/mol. The van der Waals surface area contributed by atoms with E-state index in [4.69, 9.17) is 4.74 Å². The third kappa shape index (κ3) is 3.28.